The number of hydrogen-bond donors (Lipinski definition) is 4. The lowest BCUT2D eigenvalue weighted by Crippen LogP contribution is -2.60. The maximum absolute atomic E-state index is 12.4. The van der Waals surface area contributed by atoms with Crippen LogP contribution < -0.4 is 20.5 Å². The number of nitrogens with two attached hydrogens (primary N) is 1. The first-order valence-electron chi connectivity index (χ1n) is 6.91. The number of likely N-dealkylation sites (tertiary alicyclic amines) is 1. The Kier molecular flexibility index (Phi) is 5.14. The minimum absolute atomic E-state index is 0.0548. The lowest BCUT2D eigenvalue weighted by molar-refractivity contribution is -0.136. The van der Waals surface area contributed by atoms with Gasteiger partial charge in [0.05, 0.1) is 6.54 Å². The van der Waals surface area contributed by atoms with E-state index in [0.717, 1.165) is 12.8 Å². The quantitative estimate of drug-likeness (QED) is 0.441. The third kappa shape index (κ3) is 4.92. The van der Waals surface area contributed by atoms with Crippen molar-refractivity contribution in [3.63, 3.8) is 0 Å². The van der Waals surface area contributed by atoms with Gasteiger partial charge in [-0.25, -0.2) is 9.86 Å². The highest BCUT2D eigenvalue weighted by atomic mass is 32.2. The van der Waals surface area contributed by atoms with Gasteiger partial charge < -0.3 is 10.2 Å². The van der Waals surface area contributed by atoms with Crippen LogP contribution in [0, 0.1) is 5.92 Å². The largest absolute Gasteiger partial charge is 0.353 e. The van der Waals surface area contributed by atoms with Crippen molar-refractivity contribution >= 4 is 22.0 Å². The van der Waals surface area contributed by atoms with Crippen molar-refractivity contribution in [3.8, 4) is 0 Å². The number of piperazine rings is 1. The van der Waals surface area contributed by atoms with Gasteiger partial charge in [-0.1, -0.05) is 0 Å². The average Bonchev–Trinajstić information content (AvgIpc) is 2.45. The molecule has 0 bridgehead atoms. The highest BCUT2D eigenvalue weighted by Crippen LogP contribution is 2.17. The molecule has 10 heteroatoms. The molecule has 2 aliphatic heterocycles. The number of nitrogens with zero attached hydrogens (tertiary/aromatic N) is 1. The third-order valence-electron chi connectivity index (χ3n) is 3.71. The summed E-state index contributed by atoms with van der Waals surface area (Å²) in [7, 11) is -3.70. The van der Waals surface area contributed by atoms with E-state index in [-0.39, 0.29) is 37.4 Å². The highest BCUT2D eigenvalue weighted by Gasteiger charge is 2.31. The molecule has 2 heterocycles. The first-order valence-corrected chi connectivity index (χ1v) is 8.46. The van der Waals surface area contributed by atoms with Crippen molar-refractivity contribution in [2.45, 2.75) is 18.9 Å². The van der Waals surface area contributed by atoms with E-state index in [2.05, 4.69) is 15.4 Å². The summed E-state index contributed by atoms with van der Waals surface area (Å²) in [4.78, 5) is 25.1. The van der Waals surface area contributed by atoms with Crippen LogP contribution in [0.1, 0.15) is 12.8 Å². The number of piperidine rings is 1. The summed E-state index contributed by atoms with van der Waals surface area (Å²) in [6.07, 6.45) is 1.67. The van der Waals surface area contributed by atoms with Crippen LogP contribution in [0.4, 0.5) is 0 Å². The second-order valence-corrected chi connectivity index (χ2v) is 6.80. The minimum Gasteiger partial charge on any atom is -0.353 e. The molecule has 0 saturated carbocycles. The lowest BCUT2D eigenvalue weighted by atomic mass is 9.97. The van der Waals surface area contributed by atoms with Gasteiger partial charge in [0.15, 0.2) is 0 Å². The standard InChI is InChI=1S/C11H21N5O4S/c12-21(19,20)15-4-8-2-1-3-16(7-8)11(18)9-5-14-10(17)6-13-9/h8-9,13,15H,1-7H2,(H,14,17)(H2,12,19,20). The van der Waals surface area contributed by atoms with Crippen molar-refractivity contribution in [1.29, 1.82) is 0 Å². The maximum Gasteiger partial charge on any atom is 0.274 e. The van der Waals surface area contributed by atoms with Gasteiger partial charge in [0, 0.05) is 26.2 Å². The number of hydrogen-bond acceptors (Lipinski definition) is 5. The van der Waals surface area contributed by atoms with Crippen LogP contribution in [0.5, 0.6) is 0 Å². The summed E-state index contributed by atoms with van der Waals surface area (Å²) in [5.41, 5.74) is 0. The van der Waals surface area contributed by atoms with Gasteiger partial charge in [0.2, 0.25) is 11.8 Å². The fourth-order valence-electron chi connectivity index (χ4n) is 2.63. The van der Waals surface area contributed by atoms with Crippen molar-refractivity contribution in [3.05, 3.63) is 0 Å². The molecule has 2 rings (SSSR count). The molecule has 0 spiro atoms. The van der Waals surface area contributed by atoms with Crippen LogP contribution in [0.15, 0.2) is 0 Å². The van der Waals surface area contributed by atoms with Gasteiger partial charge in [-0.15, -0.1) is 0 Å². The van der Waals surface area contributed by atoms with E-state index < -0.39 is 16.3 Å². The molecule has 2 atom stereocenters. The van der Waals surface area contributed by atoms with Gasteiger partial charge in [-0.2, -0.15) is 8.42 Å². The summed E-state index contributed by atoms with van der Waals surface area (Å²) in [6, 6.07) is -0.410. The normalized spacial score (nSPS) is 27.3. The van der Waals surface area contributed by atoms with Crippen LogP contribution in [0.2, 0.25) is 0 Å². The van der Waals surface area contributed by atoms with Crippen LogP contribution in [-0.2, 0) is 19.8 Å². The second-order valence-electron chi connectivity index (χ2n) is 5.42. The summed E-state index contributed by atoms with van der Waals surface area (Å²) in [6.45, 7) is 1.80. The zero-order chi connectivity index (χ0) is 15.5. The Morgan fingerprint density at radius 3 is 2.86 bits per heavy atom. The molecular weight excluding hydrogens is 298 g/mol. The SMILES string of the molecule is NS(=O)(=O)NCC1CCCN(C(=O)C2CNC(=O)CN2)C1. The van der Waals surface area contributed by atoms with E-state index in [0.29, 0.717) is 13.1 Å². The molecule has 2 aliphatic rings. The Balaban J connectivity index is 1.85. The fraction of sp³-hybridized carbons (Fsp3) is 0.818. The van der Waals surface area contributed by atoms with E-state index in [9.17, 15) is 18.0 Å². The third-order valence-corrected chi connectivity index (χ3v) is 4.28. The summed E-state index contributed by atoms with van der Waals surface area (Å²) in [5.74, 6) is -0.123. The smallest absolute Gasteiger partial charge is 0.274 e. The molecule has 0 aromatic carbocycles. The van der Waals surface area contributed by atoms with E-state index >= 15 is 0 Å². The van der Waals surface area contributed by atoms with Gasteiger partial charge in [0.1, 0.15) is 6.04 Å². The molecule has 9 nitrogen and oxygen atoms in total. The van der Waals surface area contributed by atoms with E-state index in [1.165, 1.54) is 0 Å². The van der Waals surface area contributed by atoms with Crippen LogP contribution >= 0.6 is 0 Å². The Bertz CT molecular complexity index is 499. The minimum atomic E-state index is -3.70. The number of carbonyl (C=O) groups excluding carboxylic acids is 2. The Labute approximate surface area is 123 Å². The first-order chi connectivity index (χ1) is 9.85. The molecule has 120 valence electrons. The zero-order valence-electron chi connectivity index (χ0n) is 11.7. The molecule has 2 saturated heterocycles. The van der Waals surface area contributed by atoms with E-state index in [1.807, 2.05) is 0 Å². The molecule has 21 heavy (non-hydrogen) atoms. The van der Waals surface area contributed by atoms with E-state index in [4.69, 9.17) is 5.14 Å². The summed E-state index contributed by atoms with van der Waals surface area (Å²) < 4.78 is 24.1. The topological polar surface area (TPSA) is 134 Å². The predicted octanol–water partition coefficient (Wildman–Crippen LogP) is -2.89. The van der Waals surface area contributed by atoms with Crippen LogP contribution in [0.3, 0.4) is 0 Å². The summed E-state index contributed by atoms with van der Waals surface area (Å²) in [5, 5.41) is 10.5. The Morgan fingerprint density at radius 1 is 1.48 bits per heavy atom. The number of carbonyl (C=O) groups is 2. The highest BCUT2D eigenvalue weighted by molar-refractivity contribution is 7.87. The molecule has 0 aliphatic carbocycles. The molecule has 0 aromatic rings. The van der Waals surface area contributed by atoms with Crippen molar-refractivity contribution in [1.82, 2.24) is 20.3 Å². The predicted molar refractivity (Wildman–Crippen MR) is 75.2 cm³/mol. The van der Waals surface area contributed by atoms with Crippen molar-refractivity contribution in [2.24, 2.45) is 11.1 Å². The molecular formula is C11H21N5O4S. The molecule has 0 aromatic heterocycles. The number of rotatable bonds is 4. The maximum atomic E-state index is 12.4. The fourth-order valence-corrected chi connectivity index (χ4v) is 3.10. The Morgan fingerprint density at radius 2 is 2.24 bits per heavy atom. The zero-order valence-corrected chi connectivity index (χ0v) is 12.5. The van der Waals surface area contributed by atoms with E-state index in [1.54, 1.807) is 4.90 Å². The molecule has 2 unspecified atom stereocenters. The average molecular weight is 319 g/mol. The molecule has 5 N–H and O–H groups in total. The lowest BCUT2D eigenvalue weighted by Gasteiger charge is -2.36. The Hall–Kier alpha value is -1.23. The van der Waals surface area contributed by atoms with Crippen LogP contribution in [-0.4, -0.2) is 63.9 Å². The van der Waals surface area contributed by atoms with Gasteiger partial charge >= 0.3 is 0 Å². The molecule has 0 radical (unpaired) electrons. The first kappa shape index (κ1) is 16.1. The molecule has 2 fully saturated rings. The number of amides is 2. The summed E-state index contributed by atoms with van der Waals surface area (Å²) >= 11 is 0. The van der Waals surface area contributed by atoms with Crippen LogP contribution in [0.25, 0.3) is 0 Å². The van der Waals surface area contributed by atoms with Crippen molar-refractivity contribution in [2.75, 3.05) is 32.7 Å². The van der Waals surface area contributed by atoms with Gasteiger partial charge in [-0.3, -0.25) is 14.9 Å². The van der Waals surface area contributed by atoms with Gasteiger partial charge in [0.25, 0.3) is 10.2 Å². The molecule has 2 amide bonds. The van der Waals surface area contributed by atoms with Crippen molar-refractivity contribution < 1.29 is 18.0 Å². The number of nitrogens with one attached hydrogen (secondary N) is 3. The second kappa shape index (κ2) is 6.69. The van der Waals surface area contributed by atoms with Gasteiger partial charge in [-0.05, 0) is 18.8 Å². The monoisotopic (exact) mass is 319 g/mol.